The van der Waals surface area contributed by atoms with E-state index in [-0.39, 0.29) is 18.9 Å². The second kappa shape index (κ2) is 6.60. The van der Waals surface area contributed by atoms with Crippen LogP contribution in [0.3, 0.4) is 0 Å². The maximum Gasteiger partial charge on any atom is 0.391 e. The quantitative estimate of drug-likeness (QED) is 0.729. The largest absolute Gasteiger partial charge is 0.391 e. The van der Waals surface area contributed by atoms with Crippen molar-refractivity contribution in [1.29, 1.82) is 0 Å². The lowest BCUT2D eigenvalue weighted by molar-refractivity contribution is -0.184. The first-order valence-corrected chi connectivity index (χ1v) is 6.81. The Balaban J connectivity index is 2.51. The number of nitrogens with one attached hydrogen (secondary N) is 1. The summed E-state index contributed by atoms with van der Waals surface area (Å²) in [6.45, 7) is 8.91. The van der Waals surface area contributed by atoms with Gasteiger partial charge >= 0.3 is 6.18 Å². The third-order valence-electron chi connectivity index (χ3n) is 3.85. The molecule has 0 spiro atoms. The van der Waals surface area contributed by atoms with Gasteiger partial charge in [0.25, 0.3) is 0 Å². The normalized spacial score (nSPS) is 26.9. The van der Waals surface area contributed by atoms with E-state index < -0.39 is 12.1 Å². The van der Waals surface area contributed by atoms with Crippen LogP contribution in [-0.4, -0.2) is 18.8 Å². The summed E-state index contributed by atoms with van der Waals surface area (Å²) in [5.41, 5.74) is 1.04. The molecule has 0 heterocycles. The second-order valence-corrected chi connectivity index (χ2v) is 5.43. The molecule has 0 aromatic carbocycles. The number of halogens is 3. The van der Waals surface area contributed by atoms with Crippen molar-refractivity contribution < 1.29 is 13.2 Å². The fourth-order valence-corrected chi connectivity index (χ4v) is 2.82. The van der Waals surface area contributed by atoms with Crippen LogP contribution in [0.4, 0.5) is 13.2 Å². The molecule has 0 aliphatic heterocycles. The van der Waals surface area contributed by atoms with E-state index in [9.17, 15) is 13.2 Å². The minimum absolute atomic E-state index is 0.180. The summed E-state index contributed by atoms with van der Waals surface area (Å²) in [5, 5.41) is 3.41. The van der Waals surface area contributed by atoms with Gasteiger partial charge in [0.1, 0.15) is 0 Å². The van der Waals surface area contributed by atoms with Crippen molar-refractivity contribution >= 4 is 0 Å². The van der Waals surface area contributed by atoms with Gasteiger partial charge in [0.2, 0.25) is 0 Å². The van der Waals surface area contributed by atoms with E-state index >= 15 is 0 Å². The molecule has 18 heavy (non-hydrogen) atoms. The van der Waals surface area contributed by atoms with E-state index in [4.69, 9.17) is 0 Å². The molecule has 1 atom stereocenters. The average Bonchev–Trinajstić information content (AvgIpc) is 2.28. The molecule has 1 aliphatic rings. The van der Waals surface area contributed by atoms with Gasteiger partial charge in [0, 0.05) is 6.04 Å². The lowest BCUT2D eigenvalue weighted by atomic mass is 9.76. The van der Waals surface area contributed by atoms with E-state index in [0.717, 1.165) is 18.5 Å². The molecule has 0 aromatic heterocycles. The number of hydrogen-bond acceptors (Lipinski definition) is 1. The molecule has 1 aliphatic carbocycles. The van der Waals surface area contributed by atoms with Crippen LogP contribution in [0.15, 0.2) is 12.2 Å². The zero-order valence-corrected chi connectivity index (χ0v) is 11.3. The number of rotatable bonds is 5. The summed E-state index contributed by atoms with van der Waals surface area (Å²) in [6, 6.07) is 0.180. The van der Waals surface area contributed by atoms with Crippen molar-refractivity contribution in [3.63, 3.8) is 0 Å². The maximum atomic E-state index is 12.6. The molecule has 4 heteroatoms. The maximum absolute atomic E-state index is 12.6. The van der Waals surface area contributed by atoms with Crippen LogP contribution < -0.4 is 5.32 Å². The SMILES string of the molecule is C=C(C)C(NCCC)C1CCC(C(F)(F)F)CC1. The summed E-state index contributed by atoms with van der Waals surface area (Å²) in [4.78, 5) is 0. The molecule has 1 saturated carbocycles. The molecule has 106 valence electrons. The fourth-order valence-electron chi connectivity index (χ4n) is 2.82. The van der Waals surface area contributed by atoms with Gasteiger partial charge in [-0.15, -0.1) is 0 Å². The number of hydrogen-bond donors (Lipinski definition) is 1. The molecule has 1 rings (SSSR count). The predicted molar refractivity (Wildman–Crippen MR) is 68.4 cm³/mol. The average molecular weight is 263 g/mol. The summed E-state index contributed by atoms with van der Waals surface area (Å²) < 4.78 is 37.8. The first-order chi connectivity index (χ1) is 8.36. The molecular formula is C14H24F3N. The molecule has 1 unspecified atom stereocenters. The molecule has 1 fully saturated rings. The van der Waals surface area contributed by atoms with Crippen LogP contribution in [-0.2, 0) is 0 Å². The Morgan fingerprint density at radius 3 is 2.22 bits per heavy atom. The van der Waals surface area contributed by atoms with Gasteiger partial charge in [-0.25, -0.2) is 0 Å². The fraction of sp³-hybridized carbons (Fsp3) is 0.857. The topological polar surface area (TPSA) is 12.0 Å². The summed E-state index contributed by atoms with van der Waals surface area (Å²) in [6.07, 6.45) is -1.14. The Morgan fingerprint density at radius 1 is 1.28 bits per heavy atom. The van der Waals surface area contributed by atoms with E-state index in [1.165, 1.54) is 0 Å². The first-order valence-electron chi connectivity index (χ1n) is 6.81. The van der Waals surface area contributed by atoms with Gasteiger partial charge in [-0.2, -0.15) is 13.2 Å². The molecule has 0 radical (unpaired) electrons. The monoisotopic (exact) mass is 263 g/mol. The van der Waals surface area contributed by atoms with Gasteiger partial charge < -0.3 is 5.32 Å². The van der Waals surface area contributed by atoms with Gasteiger partial charge in [-0.3, -0.25) is 0 Å². The standard InChI is InChI=1S/C14H24F3N/c1-4-9-18-13(10(2)3)11-5-7-12(8-6-11)14(15,16)17/h11-13,18H,2,4-9H2,1,3H3. The Morgan fingerprint density at radius 2 is 1.83 bits per heavy atom. The van der Waals surface area contributed by atoms with Gasteiger partial charge in [0.05, 0.1) is 5.92 Å². The highest BCUT2D eigenvalue weighted by molar-refractivity contribution is 5.05. The summed E-state index contributed by atoms with van der Waals surface area (Å²) >= 11 is 0. The van der Waals surface area contributed by atoms with Crippen LogP contribution in [0.5, 0.6) is 0 Å². The Bertz CT molecular complexity index is 265. The minimum Gasteiger partial charge on any atom is -0.310 e. The van der Waals surface area contributed by atoms with Crippen molar-refractivity contribution in [2.24, 2.45) is 11.8 Å². The molecule has 1 nitrogen and oxygen atoms in total. The highest BCUT2D eigenvalue weighted by Crippen LogP contribution is 2.41. The van der Waals surface area contributed by atoms with Gasteiger partial charge in [-0.1, -0.05) is 19.1 Å². The van der Waals surface area contributed by atoms with Crippen molar-refractivity contribution in [1.82, 2.24) is 5.32 Å². The lowest BCUT2D eigenvalue weighted by Gasteiger charge is -2.35. The lowest BCUT2D eigenvalue weighted by Crippen LogP contribution is -2.40. The van der Waals surface area contributed by atoms with Crippen molar-refractivity contribution in [2.45, 2.75) is 58.2 Å². The molecule has 0 saturated heterocycles. The second-order valence-electron chi connectivity index (χ2n) is 5.43. The summed E-state index contributed by atoms with van der Waals surface area (Å²) in [7, 11) is 0. The Hall–Kier alpha value is -0.510. The third kappa shape index (κ3) is 4.30. The van der Waals surface area contributed by atoms with E-state index in [1.54, 1.807) is 0 Å². The molecule has 0 amide bonds. The highest BCUT2D eigenvalue weighted by Gasteiger charge is 2.42. The Labute approximate surface area is 108 Å². The zero-order chi connectivity index (χ0) is 13.8. The van der Waals surface area contributed by atoms with Crippen molar-refractivity contribution in [3.05, 3.63) is 12.2 Å². The third-order valence-corrected chi connectivity index (χ3v) is 3.85. The first kappa shape index (κ1) is 15.5. The van der Waals surface area contributed by atoms with Crippen LogP contribution in [0.1, 0.15) is 46.0 Å². The van der Waals surface area contributed by atoms with Crippen molar-refractivity contribution in [2.75, 3.05) is 6.54 Å². The molecular weight excluding hydrogens is 239 g/mol. The highest BCUT2D eigenvalue weighted by atomic mass is 19.4. The molecule has 1 N–H and O–H groups in total. The van der Waals surface area contributed by atoms with Crippen LogP contribution in [0, 0.1) is 11.8 Å². The van der Waals surface area contributed by atoms with Crippen molar-refractivity contribution in [3.8, 4) is 0 Å². The van der Waals surface area contributed by atoms with E-state index in [0.29, 0.717) is 18.8 Å². The minimum atomic E-state index is -4.01. The summed E-state index contributed by atoms with van der Waals surface area (Å²) in [5.74, 6) is -0.779. The zero-order valence-electron chi connectivity index (χ0n) is 11.3. The van der Waals surface area contributed by atoms with Crippen LogP contribution in [0.2, 0.25) is 0 Å². The van der Waals surface area contributed by atoms with E-state index in [2.05, 4.69) is 18.8 Å². The van der Waals surface area contributed by atoms with Crippen LogP contribution in [0.25, 0.3) is 0 Å². The Kier molecular flexibility index (Phi) is 5.70. The predicted octanol–water partition coefficient (Wildman–Crippen LogP) is 4.30. The number of alkyl halides is 3. The van der Waals surface area contributed by atoms with Crippen LogP contribution >= 0.6 is 0 Å². The smallest absolute Gasteiger partial charge is 0.310 e. The van der Waals surface area contributed by atoms with Gasteiger partial charge in [0.15, 0.2) is 0 Å². The molecule has 0 bridgehead atoms. The van der Waals surface area contributed by atoms with Gasteiger partial charge in [-0.05, 0) is 51.5 Å². The molecule has 0 aromatic rings. The van der Waals surface area contributed by atoms with E-state index in [1.807, 2.05) is 6.92 Å².